The van der Waals surface area contributed by atoms with Crippen molar-refractivity contribution in [3.8, 4) is 11.1 Å². The van der Waals surface area contributed by atoms with Crippen molar-refractivity contribution < 1.29 is 20.4 Å². The fraction of sp³-hybridized carbons (Fsp3) is 0.586. The first-order valence-corrected chi connectivity index (χ1v) is 13.1. The van der Waals surface area contributed by atoms with E-state index in [4.69, 9.17) is 0 Å². The molecule has 31 heavy (non-hydrogen) atoms. The predicted molar refractivity (Wildman–Crippen MR) is 140 cm³/mol. The molecule has 0 unspecified atom stereocenters. The van der Waals surface area contributed by atoms with Crippen LogP contribution in [0.25, 0.3) is 11.1 Å². The molecule has 2 heteroatoms. The van der Waals surface area contributed by atoms with E-state index in [0.717, 1.165) is 0 Å². The van der Waals surface area contributed by atoms with Crippen LogP contribution < -0.4 is 5.30 Å². The topological polar surface area (TPSA) is 0 Å². The van der Waals surface area contributed by atoms with Crippen LogP contribution in [0.3, 0.4) is 0 Å². The van der Waals surface area contributed by atoms with E-state index < -0.39 is 0 Å². The average molecular weight is 531 g/mol. The van der Waals surface area contributed by atoms with Crippen LogP contribution in [0.1, 0.15) is 118 Å². The second-order valence-electron chi connectivity index (χ2n) is 11.7. The van der Waals surface area contributed by atoms with Crippen LogP contribution in [-0.4, -0.2) is 10.3 Å². The van der Waals surface area contributed by atoms with E-state index in [1.54, 1.807) is 5.30 Å². The van der Waals surface area contributed by atoms with Crippen LogP contribution >= 0.6 is 7.92 Å². The minimum absolute atomic E-state index is 0. The third-order valence-electron chi connectivity index (χ3n) is 5.89. The fourth-order valence-corrected chi connectivity index (χ4v) is 9.00. The Morgan fingerprint density at radius 1 is 0.645 bits per heavy atom. The van der Waals surface area contributed by atoms with Gasteiger partial charge in [-0.15, -0.1) is 0 Å². The first-order chi connectivity index (χ1) is 13.7. The van der Waals surface area contributed by atoms with Gasteiger partial charge in [-0.2, -0.15) is 0 Å². The summed E-state index contributed by atoms with van der Waals surface area (Å²) in [6.45, 7) is 28.6. The van der Waals surface area contributed by atoms with Gasteiger partial charge in [0.25, 0.3) is 0 Å². The van der Waals surface area contributed by atoms with E-state index in [9.17, 15) is 0 Å². The van der Waals surface area contributed by atoms with Gasteiger partial charge in [0, 0.05) is 20.4 Å². The van der Waals surface area contributed by atoms with Crippen LogP contribution in [0.2, 0.25) is 0 Å². The van der Waals surface area contributed by atoms with Crippen molar-refractivity contribution >= 4 is 13.2 Å². The monoisotopic (exact) mass is 530 g/mol. The molecule has 0 saturated heterocycles. The van der Waals surface area contributed by atoms with Crippen LogP contribution in [0.15, 0.2) is 36.4 Å². The molecule has 176 valence electrons. The van der Waals surface area contributed by atoms with E-state index in [2.05, 4.69) is 119 Å². The summed E-state index contributed by atoms with van der Waals surface area (Å²) < 4.78 is 0. The summed E-state index contributed by atoms with van der Waals surface area (Å²) in [5.41, 5.74) is 7.46. The Labute approximate surface area is 208 Å². The molecule has 2 aromatic carbocycles. The molecule has 0 heterocycles. The third-order valence-corrected chi connectivity index (χ3v) is 9.44. The quantitative estimate of drug-likeness (QED) is 0.267. The molecule has 0 spiro atoms. The van der Waals surface area contributed by atoms with E-state index >= 15 is 0 Å². The normalized spacial score (nSPS) is 12.8. The molecule has 0 nitrogen and oxygen atoms in total. The third kappa shape index (κ3) is 6.53. The van der Waals surface area contributed by atoms with Crippen molar-refractivity contribution in [2.24, 2.45) is 0 Å². The fourth-order valence-electron chi connectivity index (χ4n) is 4.88. The van der Waals surface area contributed by atoms with Gasteiger partial charge in [-0.3, -0.25) is 0 Å². The van der Waals surface area contributed by atoms with Crippen molar-refractivity contribution in [3.05, 3.63) is 53.1 Å². The molecule has 0 N–H and O–H groups in total. The summed E-state index contributed by atoms with van der Waals surface area (Å²) in [7, 11) is -0.366. The van der Waals surface area contributed by atoms with E-state index in [1.807, 2.05) is 0 Å². The molecule has 0 aliphatic heterocycles. The number of benzene rings is 2. The molecular formula is C29H45PPd. The van der Waals surface area contributed by atoms with Crippen LogP contribution in [-0.2, 0) is 20.4 Å². The second kappa shape index (κ2) is 10.6. The molecule has 0 radical (unpaired) electrons. The largest absolute Gasteiger partial charge is 0.0636 e. The van der Waals surface area contributed by atoms with Crippen LogP contribution in [0.5, 0.6) is 0 Å². The van der Waals surface area contributed by atoms with Crippen molar-refractivity contribution in [1.82, 2.24) is 0 Å². The molecule has 0 fully saturated rings. The maximum atomic E-state index is 2.49. The average Bonchev–Trinajstić information content (AvgIpc) is 2.58. The van der Waals surface area contributed by atoms with Crippen molar-refractivity contribution in [3.63, 3.8) is 0 Å². The SMILES string of the molecule is CC(C)c1cc(C(C)C)c(-c2ccccc2P(C(C)(C)C)C(C)(C)C)c(C(C)C)c1.[Pd]. The van der Waals surface area contributed by atoms with E-state index in [1.165, 1.54) is 27.8 Å². The maximum Gasteiger partial charge on any atom is 0 e. The molecule has 0 aliphatic carbocycles. The summed E-state index contributed by atoms with van der Waals surface area (Å²) in [5.74, 6) is 1.55. The minimum atomic E-state index is -0.366. The number of hydrogen-bond donors (Lipinski definition) is 0. The van der Waals surface area contributed by atoms with Gasteiger partial charge in [0.1, 0.15) is 0 Å². The second-order valence-corrected chi connectivity index (χ2v) is 15.6. The minimum Gasteiger partial charge on any atom is -0.0636 e. The number of rotatable bonds is 5. The molecule has 0 saturated carbocycles. The Morgan fingerprint density at radius 3 is 1.42 bits per heavy atom. The summed E-state index contributed by atoms with van der Waals surface area (Å²) >= 11 is 0. The molecule has 0 atom stereocenters. The van der Waals surface area contributed by atoms with Crippen LogP contribution in [0, 0.1) is 0 Å². The summed E-state index contributed by atoms with van der Waals surface area (Å²) in [6, 6.07) is 14.3. The Morgan fingerprint density at radius 2 is 1.06 bits per heavy atom. The smallest absolute Gasteiger partial charge is 0 e. The van der Waals surface area contributed by atoms with Gasteiger partial charge in [-0.25, -0.2) is 0 Å². The number of hydrogen-bond acceptors (Lipinski definition) is 0. The van der Waals surface area contributed by atoms with Gasteiger partial charge in [0.2, 0.25) is 0 Å². The Bertz CT molecular complexity index is 820. The Balaban J connectivity index is 0.00000480. The summed E-state index contributed by atoms with van der Waals surface area (Å²) in [4.78, 5) is 0. The molecule has 2 rings (SSSR count). The Kier molecular flexibility index (Phi) is 9.81. The maximum absolute atomic E-state index is 2.49. The van der Waals surface area contributed by atoms with Crippen molar-refractivity contribution in [2.45, 2.75) is 111 Å². The molecule has 0 aromatic heterocycles. The molecule has 2 aromatic rings. The first-order valence-electron chi connectivity index (χ1n) is 11.7. The zero-order chi connectivity index (χ0) is 23.0. The summed E-state index contributed by atoms with van der Waals surface area (Å²) in [5, 5.41) is 2.06. The zero-order valence-corrected chi connectivity index (χ0v) is 24.4. The van der Waals surface area contributed by atoms with Gasteiger partial charge >= 0.3 is 0 Å². The van der Waals surface area contributed by atoms with E-state index in [-0.39, 0.29) is 38.7 Å². The van der Waals surface area contributed by atoms with Gasteiger partial charge in [-0.1, -0.05) is 127 Å². The molecule has 0 aliphatic rings. The summed E-state index contributed by atoms with van der Waals surface area (Å²) in [6.07, 6.45) is 0. The standard InChI is InChI=1S/C29H45P.Pd/c1-19(2)22-17-24(20(3)4)27(25(18-22)21(5)6)23-15-13-14-16-26(23)30(28(7,8)9)29(10,11)12;/h13-21H,1-12H3;. The first kappa shape index (κ1) is 28.6. The molecule has 0 bridgehead atoms. The van der Waals surface area contributed by atoms with Gasteiger partial charge in [0.05, 0.1) is 0 Å². The van der Waals surface area contributed by atoms with Gasteiger partial charge in [-0.05, 0) is 61.2 Å². The molecule has 0 amide bonds. The van der Waals surface area contributed by atoms with Crippen LogP contribution in [0.4, 0.5) is 0 Å². The van der Waals surface area contributed by atoms with Crippen molar-refractivity contribution in [1.29, 1.82) is 0 Å². The molecular weight excluding hydrogens is 486 g/mol. The Hall–Kier alpha value is -0.468. The predicted octanol–water partition coefficient (Wildman–Crippen LogP) is 9.43. The van der Waals surface area contributed by atoms with Gasteiger partial charge in [0.15, 0.2) is 0 Å². The van der Waals surface area contributed by atoms with Gasteiger partial charge < -0.3 is 0 Å². The van der Waals surface area contributed by atoms with E-state index in [0.29, 0.717) is 17.8 Å². The van der Waals surface area contributed by atoms with Crippen molar-refractivity contribution in [2.75, 3.05) is 0 Å². The zero-order valence-electron chi connectivity index (χ0n) is 22.0.